The second kappa shape index (κ2) is 5.90. The molecule has 0 radical (unpaired) electrons. The number of hydrogen-bond donors (Lipinski definition) is 2. The van der Waals surface area contributed by atoms with E-state index in [1.54, 1.807) is 0 Å². The number of hydrogen-bond acceptors (Lipinski definition) is 4. The largest absolute Gasteiger partial charge is 0.389 e. The fourth-order valence-electron chi connectivity index (χ4n) is 2.68. The third kappa shape index (κ3) is 3.36. The lowest BCUT2D eigenvalue weighted by Crippen LogP contribution is -2.44. The quantitative estimate of drug-likeness (QED) is 0.871. The Labute approximate surface area is 120 Å². The molecule has 0 aromatic carbocycles. The molecule has 3 atom stereocenters. The lowest BCUT2D eigenvalue weighted by Gasteiger charge is -2.33. The summed E-state index contributed by atoms with van der Waals surface area (Å²) in [6.45, 7) is 8.92. The molecule has 0 fully saturated rings. The van der Waals surface area contributed by atoms with E-state index in [9.17, 15) is 5.11 Å². The van der Waals surface area contributed by atoms with Crippen LogP contribution in [0.5, 0.6) is 0 Å². The highest BCUT2D eigenvalue weighted by atomic mass is 32.1. The third-order valence-electron chi connectivity index (χ3n) is 4.44. The molecule has 0 aliphatic heterocycles. The van der Waals surface area contributed by atoms with Crippen LogP contribution in [-0.4, -0.2) is 22.2 Å². The maximum atomic E-state index is 10.5. The van der Waals surface area contributed by atoms with Crippen LogP contribution in [0.4, 0.5) is 0 Å². The van der Waals surface area contributed by atoms with E-state index in [-0.39, 0.29) is 0 Å². The molecule has 4 heteroatoms. The maximum Gasteiger partial charge on any atom is 0.0900 e. The van der Waals surface area contributed by atoms with Crippen molar-refractivity contribution in [3.05, 3.63) is 15.6 Å². The molecule has 0 bridgehead atoms. The van der Waals surface area contributed by atoms with Gasteiger partial charge in [0.15, 0.2) is 0 Å². The average Bonchev–Trinajstić information content (AvgIpc) is 2.75. The van der Waals surface area contributed by atoms with Gasteiger partial charge in [-0.2, -0.15) is 0 Å². The molecule has 108 valence electrons. The summed E-state index contributed by atoms with van der Waals surface area (Å²) in [5, 5.41) is 15.2. The summed E-state index contributed by atoms with van der Waals surface area (Å²) in [6, 6.07) is 0.380. The predicted octanol–water partition coefficient (Wildman–Crippen LogP) is 3.22. The van der Waals surface area contributed by atoms with Gasteiger partial charge in [-0.05, 0) is 39.0 Å². The topological polar surface area (TPSA) is 45.1 Å². The van der Waals surface area contributed by atoms with Gasteiger partial charge in [0.2, 0.25) is 0 Å². The highest BCUT2D eigenvalue weighted by molar-refractivity contribution is 7.11. The zero-order valence-electron chi connectivity index (χ0n) is 12.5. The molecule has 2 rings (SSSR count). The Morgan fingerprint density at radius 2 is 2.32 bits per heavy atom. The second-order valence-electron chi connectivity index (χ2n) is 6.04. The standard InChI is InChI=1S/C15H26N2OS/c1-5-10(2)15(4,18)9-16-12-7-6-8-13-14(12)19-11(3)17-13/h10,12,16,18H,5-9H2,1-4H3. The van der Waals surface area contributed by atoms with E-state index in [1.165, 1.54) is 17.0 Å². The fourth-order valence-corrected chi connectivity index (χ4v) is 3.76. The first-order valence-corrected chi connectivity index (χ1v) is 8.17. The molecule has 3 nitrogen and oxygen atoms in total. The van der Waals surface area contributed by atoms with E-state index in [0.717, 1.165) is 24.3 Å². The number of nitrogens with one attached hydrogen (secondary N) is 1. The highest BCUT2D eigenvalue weighted by Crippen LogP contribution is 2.34. The number of fused-ring (bicyclic) bond motifs is 1. The summed E-state index contributed by atoms with van der Waals surface area (Å²) in [5.41, 5.74) is 0.640. The molecule has 1 aliphatic rings. The smallest absolute Gasteiger partial charge is 0.0900 e. The van der Waals surface area contributed by atoms with Gasteiger partial charge in [-0.25, -0.2) is 4.98 Å². The van der Waals surface area contributed by atoms with Crippen molar-refractivity contribution in [3.63, 3.8) is 0 Å². The van der Waals surface area contributed by atoms with Gasteiger partial charge in [0.25, 0.3) is 0 Å². The van der Waals surface area contributed by atoms with Gasteiger partial charge in [-0.15, -0.1) is 11.3 Å². The van der Waals surface area contributed by atoms with Crippen LogP contribution in [0.2, 0.25) is 0 Å². The Hall–Kier alpha value is -0.450. The minimum Gasteiger partial charge on any atom is -0.389 e. The summed E-state index contributed by atoms with van der Waals surface area (Å²) in [4.78, 5) is 6.01. The molecular formula is C15H26N2OS. The normalized spacial score (nSPS) is 23.7. The first kappa shape index (κ1) is 14.9. The molecule has 19 heavy (non-hydrogen) atoms. The molecular weight excluding hydrogens is 256 g/mol. The van der Waals surface area contributed by atoms with E-state index < -0.39 is 5.60 Å². The lowest BCUT2D eigenvalue weighted by atomic mass is 9.88. The van der Waals surface area contributed by atoms with Crippen molar-refractivity contribution in [2.24, 2.45) is 5.92 Å². The van der Waals surface area contributed by atoms with Crippen molar-refractivity contribution in [1.82, 2.24) is 10.3 Å². The zero-order valence-corrected chi connectivity index (χ0v) is 13.3. The van der Waals surface area contributed by atoms with Crippen molar-refractivity contribution in [1.29, 1.82) is 0 Å². The van der Waals surface area contributed by atoms with Crippen LogP contribution in [0.15, 0.2) is 0 Å². The molecule has 0 spiro atoms. The Morgan fingerprint density at radius 3 is 3.00 bits per heavy atom. The van der Waals surface area contributed by atoms with Gasteiger partial charge >= 0.3 is 0 Å². The minimum atomic E-state index is -0.633. The summed E-state index contributed by atoms with van der Waals surface area (Å²) in [6.07, 6.45) is 4.47. The molecule has 3 unspecified atom stereocenters. The number of aryl methyl sites for hydroxylation is 2. The summed E-state index contributed by atoms with van der Waals surface area (Å²) >= 11 is 1.81. The third-order valence-corrected chi connectivity index (χ3v) is 5.56. The Bertz CT molecular complexity index is 428. The maximum absolute atomic E-state index is 10.5. The number of aliphatic hydroxyl groups is 1. The SMILES string of the molecule is CCC(C)C(C)(O)CNC1CCCc2nc(C)sc21. The van der Waals surface area contributed by atoms with E-state index in [4.69, 9.17) is 0 Å². The van der Waals surface area contributed by atoms with Crippen molar-refractivity contribution < 1.29 is 5.11 Å². The van der Waals surface area contributed by atoms with E-state index in [2.05, 4.69) is 31.1 Å². The second-order valence-corrected chi connectivity index (χ2v) is 7.27. The van der Waals surface area contributed by atoms with Crippen LogP contribution < -0.4 is 5.32 Å². The zero-order chi connectivity index (χ0) is 14.0. The van der Waals surface area contributed by atoms with Gasteiger partial charge in [0.1, 0.15) is 0 Å². The van der Waals surface area contributed by atoms with Crippen molar-refractivity contribution in [3.8, 4) is 0 Å². The first-order valence-electron chi connectivity index (χ1n) is 7.36. The number of rotatable bonds is 5. The van der Waals surface area contributed by atoms with Crippen molar-refractivity contribution in [2.75, 3.05) is 6.54 Å². The van der Waals surface area contributed by atoms with Crippen LogP contribution in [0.25, 0.3) is 0 Å². The van der Waals surface area contributed by atoms with Gasteiger partial charge in [-0.3, -0.25) is 0 Å². The predicted molar refractivity (Wildman–Crippen MR) is 80.6 cm³/mol. The fraction of sp³-hybridized carbons (Fsp3) is 0.800. The molecule has 1 aromatic heterocycles. The van der Waals surface area contributed by atoms with Crippen LogP contribution in [0.3, 0.4) is 0 Å². The van der Waals surface area contributed by atoms with Crippen LogP contribution in [0.1, 0.15) is 61.7 Å². The summed E-state index contributed by atoms with van der Waals surface area (Å²) in [7, 11) is 0. The Morgan fingerprint density at radius 1 is 1.58 bits per heavy atom. The van der Waals surface area contributed by atoms with Gasteiger partial charge in [0.05, 0.1) is 16.3 Å². The monoisotopic (exact) mass is 282 g/mol. The number of thiazole rings is 1. The summed E-state index contributed by atoms with van der Waals surface area (Å²) in [5.74, 6) is 0.311. The molecule has 0 saturated carbocycles. The summed E-state index contributed by atoms with van der Waals surface area (Å²) < 4.78 is 0. The van der Waals surface area contributed by atoms with E-state index in [1.807, 2.05) is 18.3 Å². The Kier molecular flexibility index (Phi) is 4.64. The molecule has 0 saturated heterocycles. The molecule has 1 aromatic rings. The van der Waals surface area contributed by atoms with Crippen LogP contribution >= 0.6 is 11.3 Å². The first-order chi connectivity index (χ1) is 8.94. The van der Waals surface area contributed by atoms with Gasteiger partial charge in [-0.1, -0.05) is 20.3 Å². The molecule has 1 heterocycles. The van der Waals surface area contributed by atoms with E-state index >= 15 is 0 Å². The van der Waals surface area contributed by atoms with Gasteiger partial charge in [0, 0.05) is 17.5 Å². The van der Waals surface area contributed by atoms with Gasteiger partial charge < -0.3 is 10.4 Å². The van der Waals surface area contributed by atoms with Crippen molar-refractivity contribution in [2.45, 2.75) is 65.0 Å². The number of aromatic nitrogens is 1. The van der Waals surface area contributed by atoms with Crippen LogP contribution in [0, 0.1) is 12.8 Å². The van der Waals surface area contributed by atoms with E-state index in [0.29, 0.717) is 18.5 Å². The molecule has 1 aliphatic carbocycles. The average molecular weight is 282 g/mol. The molecule has 2 N–H and O–H groups in total. The minimum absolute atomic E-state index is 0.311. The van der Waals surface area contributed by atoms with Crippen LogP contribution in [-0.2, 0) is 6.42 Å². The van der Waals surface area contributed by atoms with Crippen molar-refractivity contribution >= 4 is 11.3 Å². The highest BCUT2D eigenvalue weighted by Gasteiger charge is 2.30. The Balaban J connectivity index is 2.01. The number of nitrogens with zero attached hydrogens (tertiary/aromatic N) is 1. The molecule has 0 amide bonds. The lowest BCUT2D eigenvalue weighted by molar-refractivity contribution is 0.00287.